The van der Waals surface area contributed by atoms with E-state index in [2.05, 4.69) is 11.8 Å². The lowest BCUT2D eigenvalue weighted by molar-refractivity contribution is 0.100. The molecule has 0 bridgehead atoms. The highest BCUT2D eigenvalue weighted by Gasteiger charge is 2.02. The molecule has 56 valence electrons. The molecule has 0 aromatic carbocycles. The molecule has 1 nitrogen and oxygen atoms in total. The van der Waals surface area contributed by atoms with Crippen LogP contribution in [0.4, 0.5) is 0 Å². The van der Waals surface area contributed by atoms with Gasteiger partial charge in [-0.1, -0.05) is 12.0 Å². The molecule has 0 amide bonds. The van der Waals surface area contributed by atoms with Crippen LogP contribution in [0.15, 0.2) is 17.5 Å². The summed E-state index contributed by atoms with van der Waals surface area (Å²) in [6.45, 7) is 1.74. The second kappa shape index (κ2) is 3.95. The van der Waals surface area contributed by atoms with Gasteiger partial charge in [0.25, 0.3) is 0 Å². The van der Waals surface area contributed by atoms with E-state index in [4.69, 9.17) is 0 Å². The molecule has 0 N–H and O–H groups in total. The second-order valence-electron chi connectivity index (χ2n) is 2.00. The van der Waals surface area contributed by atoms with Crippen LogP contribution in [0.5, 0.6) is 0 Å². The predicted octanol–water partition coefficient (Wildman–Crippen LogP) is 2.34. The quantitative estimate of drug-likeness (QED) is 0.484. The third kappa shape index (κ3) is 2.21. The molecule has 11 heavy (non-hydrogen) atoms. The van der Waals surface area contributed by atoms with Crippen molar-refractivity contribution < 1.29 is 4.79 Å². The summed E-state index contributed by atoms with van der Waals surface area (Å²) in [4.78, 5) is 12.0. The molecule has 0 aliphatic heterocycles. The Kier molecular flexibility index (Phi) is 2.88. The SMILES string of the molecule is CC#CCC(=O)c1cccs1. The molecule has 0 fully saturated rings. The van der Waals surface area contributed by atoms with Gasteiger partial charge in [0.15, 0.2) is 5.78 Å². The van der Waals surface area contributed by atoms with Crippen molar-refractivity contribution in [2.75, 3.05) is 0 Å². The Morgan fingerprint density at radius 2 is 2.55 bits per heavy atom. The number of carbonyl (C=O) groups is 1. The molecule has 0 saturated heterocycles. The van der Waals surface area contributed by atoms with Crippen molar-refractivity contribution in [3.63, 3.8) is 0 Å². The summed E-state index contributed by atoms with van der Waals surface area (Å²) < 4.78 is 0. The smallest absolute Gasteiger partial charge is 0.184 e. The van der Waals surface area contributed by atoms with Gasteiger partial charge in [0.05, 0.1) is 11.3 Å². The van der Waals surface area contributed by atoms with E-state index in [9.17, 15) is 4.79 Å². The zero-order chi connectivity index (χ0) is 8.10. The molecule has 0 unspecified atom stereocenters. The van der Waals surface area contributed by atoms with Crippen molar-refractivity contribution in [2.24, 2.45) is 0 Å². The first kappa shape index (κ1) is 8.03. The average Bonchev–Trinajstić information content (AvgIpc) is 2.52. The fourth-order valence-electron chi connectivity index (χ4n) is 0.693. The van der Waals surface area contributed by atoms with Gasteiger partial charge in [0, 0.05) is 0 Å². The fraction of sp³-hybridized carbons (Fsp3) is 0.222. The molecule has 1 heterocycles. The number of carbonyl (C=O) groups excluding carboxylic acids is 1. The van der Waals surface area contributed by atoms with Crippen molar-refractivity contribution in [1.82, 2.24) is 0 Å². The minimum atomic E-state index is 0.120. The van der Waals surface area contributed by atoms with Crippen LogP contribution in [-0.4, -0.2) is 5.78 Å². The predicted molar refractivity (Wildman–Crippen MR) is 46.7 cm³/mol. The average molecular weight is 164 g/mol. The van der Waals surface area contributed by atoms with Crippen LogP contribution in [-0.2, 0) is 0 Å². The molecule has 0 atom stereocenters. The van der Waals surface area contributed by atoms with Gasteiger partial charge in [0.1, 0.15) is 0 Å². The minimum Gasteiger partial charge on any atom is -0.292 e. The number of hydrogen-bond donors (Lipinski definition) is 0. The summed E-state index contributed by atoms with van der Waals surface area (Å²) in [5.74, 6) is 5.56. The Hall–Kier alpha value is -1.07. The zero-order valence-corrected chi connectivity index (χ0v) is 7.07. The Morgan fingerprint density at radius 3 is 3.09 bits per heavy atom. The van der Waals surface area contributed by atoms with Crippen LogP contribution in [0.3, 0.4) is 0 Å². The third-order valence-electron chi connectivity index (χ3n) is 1.22. The van der Waals surface area contributed by atoms with E-state index in [1.807, 2.05) is 17.5 Å². The Balaban J connectivity index is 2.61. The number of Topliss-reactive ketones (excluding diaryl/α,β-unsaturated/α-hetero) is 1. The first-order valence-electron chi connectivity index (χ1n) is 3.31. The van der Waals surface area contributed by atoms with E-state index >= 15 is 0 Å². The van der Waals surface area contributed by atoms with Gasteiger partial charge in [-0.2, -0.15) is 0 Å². The van der Waals surface area contributed by atoms with Crippen molar-refractivity contribution in [3.05, 3.63) is 22.4 Å². The van der Waals surface area contributed by atoms with E-state index in [0.29, 0.717) is 6.42 Å². The summed E-state index contributed by atoms with van der Waals surface area (Å²) in [5.41, 5.74) is 0. The maximum Gasteiger partial charge on any atom is 0.184 e. The van der Waals surface area contributed by atoms with Gasteiger partial charge < -0.3 is 0 Å². The molecule has 1 rings (SSSR count). The van der Waals surface area contributed by atoms with Gasteiger partial charge in [-0.15, -0.1) is 17.3 Å². The topological polar surface area (TPSA) is 17.1 Å². The fourth-order valence-corrected chi connectivity index (χ4v) is 1.36. The summed E-state index contributed by atoms with van der Waals surface area (Å²) in [7, 11) is 0. The number of hydrogen-bond acceptors (Lipinski definition) is 2. The monoisotopic (exact) mass is 164 g/mol. The van der Waals surface area contributed by atoms with Gasteiger partial charge in [-0.3, -0.25) is 4.79 Å². The van der Waals surface area contributed by atoms with Crippen LogP contribution >= 0.6 is 11.3 Å². The van der Waals surface area contributed by atoms with Gasteiger partial charge in [-0.05, 0) is 18.4 Å². The second-order valence-corrected chi connectivity index (χ2v) is 2.95. The Morgan fingerprint density at radius 1 is 1.73 bits per heavy atom. The highest BCUT2D eigenvalue weighted by molar-refractivity contribution is 7.12. The summed E-state index contributed by atoms with van der Waals surface area (Å²) in [5, 5.41) is 1.90. The number of thiophene rings is 1. The highest BCUT2D eigenvalue weighted by Crippen LogP contribution is 2.10. The van der Waals surface area contributed by atoms with Crippen molar-refractivity contribution in [3.8, 4) is 11.8 Å². The van der Waals surface area contributed by atoms with E-state index in [-0.39, 0.29) is 5.78 Å². The molecule has 0 aliphatic carbocycles. The van der Waals surface area contributed by atoms with E-state index < -0.39 is 0 Å². The molecule has 1 aromatic rings. The van der Waals surface area contributed by atoms with Gasteiger partial charge >= 0.3 is 0 Å². The van der Waals surface area contributed by atoms with E-state index in [1.54, 1.807) is 6.92 Å². The Labute approximate surface area is 70.1 Å². The Bertz CT molecular complexity index is 287. The summed E-state index contributed by atoms with van der Waals surface area (Å²) in [6, 6.07) is 3.70. The van der Waals surface area contributed by atoms with Crippen LogP contribution < -0.4 is 0 Å². The first-order chi connectivity index (χ1) is 5.34. The maximum atomic E-state index is 11.2. The largest absolute Gasteiger partial charge is 0.292 e. The van der Waals surface area contributed by atoms with E-state index in [0.717, 1.165) is 4.88 Å². The lowest BCUT2D eigenvalue weighted by Crippen LogP contribution is -1.92. The van der Waals surface area contributed by atoms with Crippen LogP contribution in [0, 0.1) is 11.8 Å². The summed E-state index contributed by atoms with van der Waals surface area (Å²) >= 11 is 1.46. The lowest BCUT2D eigenvalue weighted by Gasteiger charge is -1.86. The standard InChI is InChI=1S/C9H8OS/c1-2-3-5-8(10)9-6-4-7-11-9/h4,6-7H,5H2,1H3. The molecule has 0 saturated carbocycles. The lowest BCUT2D eigenvalue weighted by atomic mass is 10.2. The molecule has 0 spiro atoms. The third-order valence-corrected chi connectivity index (χ3v) is 2.13. The van der Waals surface area contributed by atoms with Crippen LogP contribution in [0.25, 0.3) is 0 Å². The molecule has 1 aromatic heterocycles. The minimum absolute atomic E-state index is 0.120. The van der Waals surface area contributed by atoms with Crippen molar-refractivity contribution in [1.29, 1.82) is 0 Å². The van der Waals surface area contributed by atoms with Crippen LogP contribution in [0.1, 0.15) is 23.0 Å². The molecule has 2 heteroatoms. The molecular formula is C9H8OS. The normalized spacial score (nSPS) is 8.45. The first-order valence-corrected chi connectivity index (χ1v) is 4.19. The number of rotatable bonds is 2. The molecule has 0 aliphatic rings. The number of ketones is 1. The van der Waals surface area contributed by atoms with Gasteiger partial charge in [-0.25, -0.2) is 0 Å². The van der Waals surface area contributed by atoms with Crippen molar-refractivity contribution >= 4 is 17.1 Å². The van der Waals surface area contributed by atoms with Crippen molar-refractivity contribution in [2.45, 2.75) is 13.3 Å². The molecular weight excluding hydrogens is 156 g/mol. The maximum absolute atomic E-state index is 11.2. The highest BCUT2D eigenvalue weighted by atomic mass is 32.1. The molecule has 0 radical (unpaired) electrons. The zero-order valence-electron chi connectivity index (χ0n) is 6.26. The summed E-state index contributed by atoms with van der Waals surface area (Å²) in [6.07, 6.45) is 0.344. The van der Waals surface area contributed by atoms with E-state index in [1.165, 1.54) is 11.3 Å². The van der Waals surface area contributed by atoms with Crippen LogP contribution in [0.2, 0.25) is 0 Å². The van der Waals surface area contributed by atoms with Gasteiger partial charge in [0.2, 0.25) is 0 Å².